The highest BCUT2D eigenvalue weighted by molar-refractivity contribution is 8.07. The number of imidazole rings is 1. The summed E-state index contributed by atoms with van der Waals surface area (Å²) in [4.78, 5) is 54.6. The van der Waals surface area contributed by atoms with Gasteiger partial charge in [0.2, 0.25) is 11.9 Å². The van der Waals surface area contributed by atoms with Gasteiger partial charge in [0, 0.05) is 18.0 Å². The fourth-order valence-electron chi connectivity index (χ4n) is 6.14. The van der Waals surface area contributed by atoms with E-state index in [0.29, 0.717) is 5.82 Å². The Morgan fingerprint density at radius 1 is 1.28 bits per heavy atom. The Kier molecular flexibility index (Phi) is 15.1. The van der Waals surface area contributed by atoms with Crippen molar-refractivity contribution in [2.75, 3.05) is 30.5 Å². The third-order valence-electron chi connectivity index (χ3n) is 10.2. The fourth-order valence-corrected chi connectivity index (χ4v) is 10.1. The number of H-pyrrole nitrogens is 1. The molecule has 5 N–H and O–H groups in total. The van der Waals surface area contributed by atoms with Crippen LogP contribution in [0.2, 0.25) is 18.1 Å². The third kappa shape index (κ3) is 10.8. The number of amides is 1. The van der Waals surface area contributed by atoms with Crippen LogP contribution in [0.4, 0.5) is 16.2 Å². The van der Waals surface area contributed by atoms with Gasteiger partial charge in [-0.1, -0.05) is 34.6 Å². The Morgan fingerprint density at radius 2 is 2.02 bits per heavy atom. The molecule has 320 valence electrons. The standard InChI is InChI=1S/C33H50FN9O11P2SSi/c1-18(2)29(45)41-32-40-28-24(30(46)42-32)38-17-43(28)31-27(26(21(14-44)51-31)54-58(6,7)33(3,4)5)53-56(57,49-12-8-10-35)50-15-19-13-20(23(34)25(19)52-55(47)48)39-22-9-11-36-16-37-22/h9,11,16-21,23,25-27,31,44,55H,8,12-15H2,1-7H3,(H,47,48)(H,36,37,39)(H2,40,41,42,45,46)/t19-,20-,21-,23+,25-,26-,27+,31-,56?/m1/s1. The summed E-state index contributed by atoms with van der Waals surface area (Å²) >= 11 is 5.97. The molecule has 2 aliphatic rings. The van der Waals surface area contributed by atoms with Crippen molar-refractivity contribution >= 4 is 63.9 Å². The van der Waals surface area contributed by atoms with E-state index >= 15 is 4.39 Å². The number of nitriles is 1. The summed E-state index contributed by atoms with van der Waals surface area (Å²) in [7, 11) is -6.30. The first kappa shape index (κ1) is 46.0. The van der Waals surface area contributed by atoms with E-state index in [2.05, 4.69) is 35.6 Å². The lowest BCUT2D eigenvalue weighted by Crippen LogP contribution is -2.50. The molecular weight excluding hydrogens is 840 g/mol. The molecule has 4 heterocycles. The molecular formula is C33H50FN9O11P2SSi. The number of ether oxygens (including phenoxy) is 1. The molecule has 2 unspecified atom stereocenters. The fraction of sp³-hybridized carbons (Fsp3) is 0.667. The van der Waals surface area contributed by atoms with Gasteiger partial charge in [0.25, 0.3) is 5.56 Å². The maximum absolute atomic E-state index is 15.9. The van der Waals surface area contributed by atoms with Gasteiger partial charge in [-0.15, -0.1) is 0 Å². The zero-order valence-electron chi connectivity index (χ0n) is 33.0. The number of rotatable bonds is 18. The highest BCUT2D eigenvalue weighted by Gasteiger charge is 2.54. The lowest BCUT2D eigenvalue weighted by Gasteiger charge is -2.41. The maximum atomic E-state index is 15.9. The van der Waals surface area contributed by atoms with Crippen molar-refractivity contribution in [3.05, 3.63) is 35.3 Å². The van der Waals surface area contributed by atoms with E-state index in [0.717, 1.165) is 0 Å². The summed E-state index contributed by atoms with van der Waals surface area (Å²) in [5.41, 5.74) is -0.759. The smallest absolute Gasteiger partial charge is 0.327 e. The van der Waals surface area contributed by atoms with Gasteiger partial charge in [0.1, 0.15) is 42.7 Å². The molecule has 3 aromatic rings. The number of hydrogen-bond acceptors (Lipinski definition) is 17. The number of aromatic amines is 1. The van der Waals surface area contributed by atoms with E-state index in [4.69, 9.17) is 39.1 Å². The Morgan fingerprint density at radius 3 is 2.64 bits per heavy atom. The van der Waals surface area contributed by atoms with Crippen LogP contribution in [0.25, 0.3) is 11.2 Å². The molecule has 1 aliphatic heterocycles. The second-order valence-electron chi connectivity index (χ2n) is 15.7. The monoisotopic (exact) mass is 889 g/mol. The van der Waals surface area contributed by atoms with Crippen molar-refractivity contribution in [1.82, 2.24) is 29.5 Å². The lowest BCUT2D eigenvalue weighted by molar-refractivity contribution is -0.118. The number of carbonyl (C=O) groups excluding carboxylic acids is 1. The van der Waals surface area contributed by atoms with Crippen LogP contribution in [0.3, 0.4) is 0 Å². The number of aliphatic hydroxyl groups is 1. The Hall–Kier alpha value is -3.10. The molecule has 1 saturated heterocycles. The molecule has 1 aliphatic carbocycles. The number of aliphatic hydroxyl groups excluding tert-OH is 1. The van der Waals surface area contributed by atoms with Crippen molar-refractivity contribution in [3.8, 4) is 6.07 Å². The van der Waals surface area contributed by atoms with E-state index in [1.807, 2.05) is 39.9 Å². The van der Waals surface area contributed by atoms with Crippen molar-refractivity contribution < 1.29 is 51.0 Å². The molecule has 5 rings (SSSR count). The van der Waals surface area contributed by atoms with E-state index in [1.54, 1.807) is 13.8 Å². The van der Waals surface area contributed by atoms with Gasteiger partial charge in [-0.2, -0.15) is 10.2 Å². The van der Waals surface area contributed by atoms with Gasteiger partial charge in [-0.05, 0) is 42.4 Å². The maximum Gasteiger partial charge on any atom is 0.327 e. The predicted molar refractivity (Wildman–Crippen MR) is 215 cm³/mol. The van der Waals surface area contributed by atoms with Crippen LogP contribution < -0.4 is 16.2 Å². The van der Waals surface area contributed by atoms with Gasteiger partial charge in [0.05, 0.1) is 44.7 Å². The number of fused-ring (bicyclic) bond motifs is 1. The number of carbonyl (C=O) groups is 1. The third-order valence-corrected chi connectivity index (χ3v) is 17.5. The molecule has 25 heteroatoms. The molecule has 0 spiro atoms. The van der Waals surface area contributed by atoms with Gasteiger partial charge < -0.3 is 38.1 Å². The zero-order chi connectivity index (χ0) is 42.6. The number of nitrogens with zero attached hydrogens (tertiary/aromatic N) is 6. The molecule has 2 fully saturated rings. The van der Waals surface area contributed by atoms with Crippen LogP contribution in [0, 0.1) is 23.2 Å². The second kappa shape index (κ2) is 19.1. The van der Waals surface area contributed by atoms with Crippen molar-refractivity contribution in [2.45, 2.75) is 108 Å². The first-order chi connectivity index (χ1) is 27.3. The van der Waals surface area contributed by atoms with E-state index < -0.39 is 96.1 Å². The number of alkyl halides is 1. The first-order valence-corrected chi connectivity index (χ1v) is 25.2. The molecule has 58 heavy (non-hydrogen) atoms. The molecule has 1 amide bonds. The highest BCUT2D eigenvalue weighted by Crippen LogP contribution is 2.56. The van der Waals surface area contributed by atoms with Crippen LogP contribution in [-0.2, 0) is 48.4 Å². The summed E-state index contributed by atoms with van der Waals surface area (Å²) in [6, 6.07) is 2.61. The van der Waals surface area contributed by atoms with Crippen LogP contribution in [0.1, 0.15) is 53.7 Å². The number of nitrogens with one attached hydrogen (secondary N) is 3. The minimum Gasteiger partial charge on any atom is -0.408 e. The first-order valence-electron chi connectivity index (χ1n) is 18.5. The normalized spacial score (nSPS) is 26.7. The van der Waals surface area contributed by atoms with E-state index in [1.165, 1.54) is 29.5 Å². The summed E-state index contributed by atoms with van der Waals surface area (Å²) < 4.78 is 66.5. The molecule has 0 radical (unpaired) electrons. The Balaban J connectivity index is 1.53. The lowest BCUT2D eigenvalue weighted by atomic mass is 10.1. The molecule has 1 saturated carbocycles. The molecule has 10 atom stereocenters. The average Bonchev–Trinajstić information content (AvgIpc) is 3.80. The Bertz CT molecular complexity index is 2070. The molecule has 0 bridgehead atoms. The van der Waals surface area contributed by atoms with Gasteiger partial charge >= 0.3 is 15.0 Å². The quantitative estimate of drug-likeness (QED) is 0.0687. The van der Waals surface area contributed by atoms with Gasteiger partial charge in [-0.25, -0.2) is 19.3 Å². The summed E-state index contributed by atoms with van der Waals surface area (Å²) in [5.74, 6) is -1.51. The summed E-state index contributed by atoms with van der Waals surface area (Å²) in [5, 5.41) is 25.3. The summed E-state index contributed by atoms with van der Waals surface area (Å²) in [6.45, 7) is 8.24. The average molecular weight is 890 g/mol. The predicted octanol–water partition coefficient (Wildman–Crippen LogP) is 3.95. The summed E-state index contributed by atoms with van der Waals surface area (Å²) in [6.07, 6.45) is -3.75. The number of anilines is 2. The number of aromatic nitrogens is 6. The number of hydrogen-bond donors (Lipinski definition) is 5. The van der Waals surface area contributed by atoms with Gasteiger partial charge in [-0.3, -0.25) is 33.5 Å². The van der Waals surface area contributed by atoms with Crippen LogP contribution >= 0.6 is 15.0 Å². The van der Waals surface area contributed by atoms with Crippen molar-refractivity contribution in [3.63, 3.8) is 0 Å². The van der Waals surface area contributed by atoms with Crippen LogP contribution in [-0.4, -0.2) is 110 Å². The second-order valence-corrected chi connectivity index (χ2v) is 24.1. The minimum atomic E-state index is -4.02. The topological polar surface area (TPSA) is 267 Å². The number of halogens is 1. The largest absolute Gasteiger partial charge is 0.408 e. The Labute approximate surface area is 340 Å². The SMILES string of the molecule is CC(C)C(=O)Nc1nc2c(ncn2[C@@H]2O[C@H](CO)[C@@H](O[Si](C)(C)C(C)(C)C)[C@@H]2OP(=S)(OCCC#N)OC[C@H]2C[C@@H](Nc3ccncn3)[C@H](F)[C@@H]2O[PH](=O)O)c(=O)[nH]1. The van der Waals surface area contributed by atoms with Crippen molar-refractivity contribution in [2.24, 2.45) is 11.8 Å². The van der Waals surface area contributed by atoms with Crippen LogP contribution in [0.15, 0.2) is 29.7 Å². The van der Waals surface area contributed by atoms with E-state index in [9.17, 15) is 29.4 Å². The molecule has 3 aromatic heterocycles. The highest BCUT2D eigenvalue weighted by atomic mass is 32.5. The van der Waals surface area contributed by atoms with Crippen molar-refractivity contribution in [1.29, 1.82) is 5.26 Å². The zero-order valence-corrected chi connectivity index (χ0v) is 36.7. The van der Waals surface area contributed by atoms with E-state index in [-0.39, 0.29) is 48.2 Å². The molecule has 0 aromatic carbocycles. The minimum absolute atomic E-state index is 0.00733. The van der Waals surface area contributed by atoms with Gasteiger partial charge in [0.15, 0.2) is 25.7 Å². The molecule has 20 nitrogen and oxygen atoms in total. The van der Waals surface area contributed by atoms with Crippen LogP contribution in [0.5, 0.6) is 0 Å².